The number of halogens is 5. The molecule has 1 atom stereocenters. The van der Waals surface area contributed by atoms with Crippen LogP contribution in [0, 0.1) is 5.92 Å². The lowest BCUT2D eigenvalue weighted by atomic mass is 9.97. The molecule has 1 rings (SSSR count). The fourth-order valence-electron chi connectivity index (χ4n) is 2.30. The lowest BCUT2D eigenvalue weighted by Gasteiger charge is -2.33. The molecule has 1 fully saturated rings. The van der Waals surface area contributed by atoms with Crippen LogP contribution in [0.2, 0.25) is 0 Å². The van der Waals surface area contributed by atoms with Crippen LogP contribution in [0.25, 0.3) is 0 Å². The summed E-state index contributed by atoms with van der Waals surface area (Å²) in [7, 11) is -6.50. The number of esters is 1. The summed E-state index contributed by atoms with van der Waals surface area (Å²) in [5, 5.41) is -5.78. The van der Waals surface area contributed by atoms with Gasteiger partial charge in [-0.25, -0.2) is 4.79 Å². The van der Waals surface area contributed by atoms with E-state index in [1.807, 2.05) is 0 Å². The highest BCUT2D eigenvalue weighted by molar-refractivity contribution is 7.86. The van der Waals surface area contributed by atoms with E-state index in [-0.39, 0.29) is 25.9 Å². The molecule has 0 aromatic heterocycles. The zero-order chi connectivity index (χ0) is 22.1. The van der Waals surface area contributed by atoms with Gasteiger partial charge in [0, 0.05) is 13.1 Å². The fourth-order valence-corrected chi connectivity index (χ4v) is 2.75. The Bertz CT molecular complexity index is 694. The van der Waals surface area contributed by atoms with Gasteiger partial charge in [-0.1, -0.05) is 0 Å². The summed E-state index contributed by atoms with van der Waals surface area (Å²) in [6.07, 6.45) is -11.5. The number of rotatable bonds is 4. The van der Waals surface area contributed by atoms with E-state index in [2.05, 4.69) is 4.74 Å². The SMILES string of the molecule is CC(C)(C)OC(=O)N1CCC(C(=O)OC(C(F)(F)F)C(F)(F)S(=O)(=O)O)CC1. The van der Waals surface area contributed by atoms with Gasteiger partial charge < -0.3 is 14.4 Å². The number of hydrogen-bond donors (Lipinski definition) is 1. The van der Waals surface area contributed by atoms with Crippen LogP contribution in [0.4, 0.5) is 26.7 Å². The molecule has 1 unspecified atom stereocenters. The summed E-state index contributed by atoms with van der Waals surface area (Å²) in [5.41, 5.74) is -0.797. The van der Waals surface area contributed by atoms with Gasteiger partial charge in [0.05, 0.1) is 5.92 Å². The minimum absolute atomic E-state index is 0.111. The lowest BCUT2D eigenvalue weighted by molar-refractivity contribution is -0.261. The molecule has 164 valence electrons. The van der Waals surface area contributed by atoms with Crippen molar-refractivity contribution in [3.8, 4) is 0 Å². The predicted molar refractivity (Wildman–Crippen MR) is 83.0 cm³/mol. The molecule has 1 aliphatic rings. The zero-order valence-corrected chi connectivity index (χ0v) is 15.9. The number of carbonyl (C=O) groups is 2. The second kappa shape index (κ2) is 7.97. The summed E-state index contributed by atoms with van der Waals surface area (Å²) < 4.78 is 104. The summed E-state index contributed by atoms with van der Waals surface area (Å²) >= 11 is 0. The molecule has 0 spiro atoms. The molecule has 8 nitrogen and oxygen atoms in total. The van der Waals surface area contributed by atoms with Gasteiger partial charge >= 0.3 is 33.6 Å². The first-order chi connectivity index (χ1) is 12.4. The number of likely N-dealkylation sites (tertiary alicyclic amines) is 1. The first kappa shape index (κ1) is 24.3. The molecule has 28 heavy (non-hydrogen) atoms. The fraction of sp³-hybridized carbons (Fsp3) is 0.857. The number of amides is 1. The Hall–Kier alpha value is -1.70. The van der Waals surface area contributed by atoms with E-state index in [0.717, 1.165) is 0 Å². The number of hydrogen-bond acceptors (Lipinski definition) is 6. The number of piperidine rings is 1. The van der Waals surface area contributed by atoms with E-state index < -0.39 is 51.2 Å². The molecule has 1 amide bonds. The zero-order valence-electron chi connectivity index (χ0n) is 15.1. The molecule has 0 aromatic carbocycles. The first-order valence-corrected chi connectivity index (χ1v) is 9.40. The van der Waals surface area contributed by atoms with Crippen LogP contribution in [0.15, 0.2) is 0 Å². The van der Waals surface area contributed by atoms with Crippen LogP contribution in [0.5, 0.6) is 0 Å². The Morgan fingerprint density at radius 2 is 1.54 bits per heavy atom. The van der Waals surface area contributed by atoms with Gasteiger partial charge in [-0.15, -0.1) is 0 Å². The third-order valence-corrected chi connectivity index (χ3v) is 4.56. The molecule has 0 saturated carbocycles. The molecular formula is C14H20F5NO7S. The van der Waals surface area contributed by atoms with Crippen molar-refractivity contribution in [3.05, 3.63) is 0 Å². The highest BCUT2D eigenvalue weighted by Crippen LogP contribution is 2.38. The number of alkyl halides is 5. The van der Waals surface area contributed by atoms with Crippen LogP contribution in [0.1, 0.15) is 33.6 Å². The van der Waals surface area contributed by atoms with Gasteiger partial charge in [-0.3, -0.25) is 9.35 Å². The minimum Gasteiger partial charge on any atom is -0.444 e. The van der Waals surface area contributed by atoms with E-state index in [1.54, 1.807) is 20.8 Å². The normalized spacial score (nSPS) is 18.5. The number of nitrogens with zero attached hydrogens (tertiary/aromatic N) is 1. The lowest BCUT2D eigenvalue weighted by Crippen LogP contribution is -2.53. The number of ether oxygens (including phenoxy) is 2. The van der Waals surface area contributed by atoms with Gasteiger partial charge in [0.1, 0.15) is 5.60 Å². The van der Waals surface area contributed by atoms with E-state index in [4.69, 9.17) is 9.29 Å². The summed E-state index contributed by atoms with van der Waals surface area (Å²) in [6.45, 7) is 4.62. The second-order valence-electron chi connectivity index (χ2n) is 7.14. The van der Waals surface area contributed by atoms with Crippen molar-refractivity contribution in [3.63, 3.8) is 0 Å². The van der Waals surface area contributed by atoms with Crippen molar-refractivity contribution >= 4 is 22.2 Å². The summed E-state index contributed by atoms with van der Waals surface area (Å²) in [5.74, 6) is -2.99. The van der Waals surface area contributed by atoms with Crippen molar-refractivity contribution in [1.29, 1.82) is 0 Å². The van der Waals surface area contributed by atoms with Crippen LogP contribution >= 0.6 is 0 Å². The second-order valence-corrected chi connectivity index (χ2v) is 8.63. The predicted octanol–water partition coefficient (Wildman–Crippen LogP) is 2.59. The third kappa shape index (κ3) is 6.15. The van der Waals surface area contributed by atoms with E-state index in [0.29, 0.717) is 0 Å². The van der Waals surface area contributed by atoms with E-state index in [1.165, 1.54) is 4.90 Å². The molecule has 1 aliphatic heterocycles. The van der Waals surface area contributed by atoms with Crippen LogP contribution < -0.4 is 0 Å². The Labute approximate surface area is 157 Å². The van der Waals surface area contributed by atoms with Gasteiger partial charge in [0.15, 0.2) is 0 Å². The molecule has 0 radical (unpaired) electrons. The van der Waals surface area contributed by atoms with Gasteiger partial charge in [0.25, 0.3) is 6.10 Å². The monoisotopic (exact) mass is 441 g/mol. The van der Waals surface area contributed by atoms with Crippen molar-refractivity contribution in [2.45, 2.75) is 56.7 Å². The Kier molecular flexibility index (Phi) is 6.93. The van der Waals surface area contributed by atoms with E-state index in [9.17, 15) is 40.0 Å². The van der Waals surface area contributed by atoms with Crippen molar-refractivity contribution in [2.24, 2.45) is 5.92 Å². The van der Waals surface area contributed by atoms with Crippen molar-refractivity contribution in [2.75, 3.05) is 13.1 Å². The Balaban J connectivity index is 2.81. The topological polar surface area (TPSA) is 110 Å². The quantitative estimate of drug-likeness (QED) is 0.406. The Morgan fingerprint density at radius 1 is 1.07 bits per heavy atom. The summed E-state index contributed by atoms with van der Waals surface area (Å²) in [4.78, 5) is 24.9. The highest BCUT2D eigenvalue weighted by atomic mass is 32.2. The molecule has 0 aromatic rings. The maximum atomic E-state index is 13.4. The largest absolute Gasteiger partial charge is 0.444 e. The Morgan fingerprint density at radius 3 is 1.89 bits per heavy atom. The molecule has 1 N–H and O–H groups in total. The molecule has 14 heteroatoms. The van der Waals surface area contributed by atoms with Crippen molar-refractivity contribution < 1.29 is 54.0 Å². The number of carbonyl (C=O) groups excluding carboxylic acids is 2. The van der Waals surface area contributed by atoms with Crippen LogP contribution in [-0.2, 0) is 24.4 Å². The minimum atomic E-state index is -6.50. The van der Waals surface area contributed by atoms with Gasteiger partial charge in [0.2, 0.25) is 0 Å². The standard InChI is InChI=1S/C14H20F5NO7S/c1-12(2,3)27-11(22)20-6-4-8(5-7-20)9(21)26-10(13(15,16)17)14(18,19)28(23,24)25/h8,10H,4-7H2,1-3H3,(H,23,24,25). The van der Waals surface area contributed by atoms with E-state index >= 15 is 0 Å². The molecule has 1 heterocycles. The van der Waals surface area contributed by atoms with Crippen molar-refractivity contribution in [1.82, 2.24) is 4.90 Å². The van der Waals surface area contributed by atoms with Gasteiger partial charge in [-0.2, -0.15) is 30.4 Å². The molecule has 1 saturated heterocycles. The maximum absolute atomic E-state index is 13.4. The molecule has 0 bridgehead atoms. The van der Waals surface area contributed by atoms with Crippen LogP contribution in [-0.4, -0.2) is 66.2 Å². The maximum Gasteiger partial charge on any atom is 0.432 e. The molecular weight excluding hydrogens is 421 g/mol. The van der Waals surface area contributed by atoms with Crippen LogP contribution in [0.3, 0.4) is 0 Å². The average Bonchev–Trinajstić information content (AvgIpc) is 2.48. The smallest absolute Gasteiger partial charge is 0.432 e. The molecule has 0 aliphatic carbocycles. The third-order valence-electron chi connectivity index (χ3n) is 3.66. The summed E-state index contributed by atoms with van der Waals surface area (Å²) in [6, 6.07) is 0. The first-order valence-electron chi connectivity index (χ1n) is 7.96. The average molecular weight is 441 g/mol. The highest BCUT2D eigenvalue weighted by Gasteiger charge is 2.66. The van der Waals surface area contributed by atoms with Gasteiger partial charge in [-0.05, 0) is 33.6 Å².